The van der Waals surface area contributed by atoms with Gasteiger partial charge < -0.3 is 4.74 Å². The Bertz CT molecular complexity index is 284. The summed E-state index contributed by atoms with van der Waals surface area (Å²) in [5, 5.41) is 0. The maximum atomic E-state index is 12.9. The molecule has 0 amide bonds. The Balaban J connectivity index is 0.000000791. The summed E-state index contributed by atoms with van der Waals surface area (Å²) in [6.45, 7) is 5.33. The number of methoxy groups -OCH3 is 1. The van der Waals surface area contributed by atoms with E-state index in [2.05, 4.69) is 4.74 Å². The standard InChI is InChI=1S/C8H7F3O.C2H6/c1-4-3-5(9)7(11)8(12-2)6(4)10;1-2/h3H,1-2H3;1-2H3. The number of halogens is 3. The molecule has 0 bridgehead atoms. The summed E-state index contributed by atoms with van der Waals surface area (Å²) in [5.41, 5.74) is 0.0192. The molecule has 0 atom stereocenters. The lowest BCUT2D eigenvalue weighted by atomic mass is 10.2. The van der Waals surface area contributed by atoms with Crippen LogP contribution in [0, 0.1) is 24.4 Å². The van der Waals surface area contributed by atoms with Gasteiger partial charge in [-0.15, -0.1) is 0 Å². The Kier molecular flexibility index (Phi) is 5.05. The molecule has 1 aromatic rings. The molecule has 0 saturated carbocycles. The number of aryl methyl sites for hydroxylation is 1. The lowest BCUT2D eigenvalue weighted by Gasteiger charge is -2.05. The SMILES string of the molecule is CC.COc1c(F)c(C)cc(F)c1F. The molecular weight excluding hydrogens is 193 g/mol. The average molecular weight is 206 g/mol. The quantitative estimate of drug-likeness (QED) is 0.639. The number of hydrogen-bond acceptors (Lipinski definition) is 1. The minimum Gasteiger partial charge on any atom is -0.491 e. The summed E-state index contributed by atoms with van der Waals surface area (Å²) in [7, 11) is 1.08. The van der Waals surface area contributed by atoms with Crippen molar-refractivity contribution in [1.29, 1.82) is 0 Å². The first-order valence-corrected chi connectivity index (χ1v) is 4.26. The first-order chi connectivity index (χ1) is 6.57. The number of ether oxygens (including phenoxy) is 1. The maximum absolute atomic E-state index is 12.9. The fraction of sp³-hybridized carbons (Fsp3) is 0.400. The van der Waals surface area contributed by atoms with Gasteiger partial charge in [0.15, 0.2) is 17.4 Å². The smallest absolute Gasteiger partial charge is 0.203 e. The van der Waals surface area contributed by atoms with Gasteiger partial charge in [0.1, 0.15) is 0 Å². The van der Waals surface area contributed by atoms with E-state index < -0.39 is 23.2 Å². The van der Waals surface area contributed by atoms with Crippen molar-refractivity contribution >= 4 is 0 Å². The molecule has 0 aromatic heterocycles. The van der Waals surface area contributed by atoms with E-state index >= 15 is 0 Å². The Morgan fingerprint density at radius 1 is 1.07 bits per heavy atom. The van der Waals surface area contributed by atoms with E-state index in [1.165, 1.54) is 6.92 Å². The van der Waals surface area contributed by atoms with Crippen LogP contribution in [-0.2, 0) is 0 Å². The van der Waals surface area contributed by atoms with Gasteiger partial charge in [-0.1, -0.05) is 13.8 Å². The average Bonchev–Trinajstić information content (AvgIpc) is 2.19. The molecule has 0 fully saturated rings. The van der Waals surface area contributed by atoms with E-state index in [1.807, 2.05) is 13.8 Å². The van der Waals surface area contributed by atoms with Crippen molar-refractivity contribution in [3.05, 3.63) is 29.1 Å². The van der Waals surface area contributed by atoms with Crippen LogP contribution in [0.2, 0.25) is 0 Å². The van der Waals surface area contributed by atoms with Crippen LogP contribution in [0.4, 0.5) is 13.2 Å². The van der Waals surface area contributed by atoms with Crippen molar-refractivity contribution in [1.82, 2.24) is 0 Å². The third-order valence-electron chi connectivity index (χ3n) is 1.50. The van der Waals surface area contributed by atoms with Gasteiger partial charge in [0.2, 0.25) is 5.82 Å². The Morgan fingerprint density at radius 2 is 1.57 bits per heavy atom. The van der Waals surface area contributed by atoms with Crippen LogP contribution in [0.25, 0.3) is 0 Å². The van der Waals surface area contributed by atoms with Crippen molar-refractivity contribution in [2.45, 2.75) is 20.8 Å². The highest BCUT2D eigenvalue weighted by Gasteiger charge is 2.16. The minimum atomic E-state index is -1.29. The summed E-state index contributed by atoms with van der Waals surface area (Å²) in [5.74, 6) is -3.93. The monoisotopic (exact) mass is 206 g/mol. The van der Waals surface area contributed by atoms with Crippen LogP contribution in [-0.4, -0.2) is 7.11 Å². The van der Waals surface area contributed by atoms with E-state index in [1.54, 1.807) is 0 Å². The highest BCUT2D eigenvalue weighted by Crippen LogP contribution is 2.25. The molecule has 0 N–H and O–H groups in total. The van der Waals surface area contributed by atoms with Gasteiger partial charge in [-0.05, 0) is 18.6 Å². The Hall–Kier alpha value is -1.19. The second-order valence-electron chi connectivity index (χ2n) is 2.34. The van der Waals surface area contributed by atoms with Crippen molar-refractivity contribution in [3.63, 3.8) is 0 Å². The van der Waals surface area contributed by atoms with E-state index in [0.29, 0.717) is 0 Å². The molecule has 0 unspecified atom stereocenters. The first kappa shape index (κ1) is 12.8. The van der Waals surface area contributed by atoms with E-state index in [4.69, 9.17) is 0 Å². The van der Waals surface area contributed by atoms with Crippen LogP contribution in [0.1, 0.15) is 19.4 Å². The third kappa shape index (κ3) is 2.40. The van der Waals surface area contributed by atoms with Gasteiger partial charge in [0.05, 0.1) is 7.11 Å². The van der Waals surface area contributed by atoms with Gasteiger partial charge in [-0.3, -0.25) is 0 Å². The number of rotatable bonds is 1. The van der Waals surface area contributed by atoms with Crippen LogP contribution in [0.3, 0.4) is 0 Å². The highest BCUT2D eigenvalue weighted by molar-refractivity contribution is 5.32. The molecule has 1 aromatic carbocycles. The number of benzene rings is 1. The lowest BCUT2D eigenvalue weighted by Crippen LogP contribution is -1.98. The van der Waals surface area contributed by atoms with E-state index in [-0.39, 0.29) is 5.56 Å². The van der Waals surface area contributed by atoms with Crippen LogP contribution in [0.5, 0.6) is 5.75 Å². The Morgan fingerprint density at radius 3 is 2.00 bits per heavy atom. The fourth-order valence-corrected chi connectivity index (χ4v) is 0.880. The largest absolute Gasteiger partial charge is 0.491 e. The second-order valence-corrected chi connectivity index (χ2v) is 2.34. The summed E-state index contributed by atoms with van der Waals surface area (Å²) in [6.07, 6.45) is 0. The second kappa shape index (κ2) is 5.52. The van der Waals surface area contributed by atoms with Gasteiger partial charge >= 0.3 is 0 Å². The van der Waals surface area contributed by atoms with Crippen LogP contribution >= 0.6 is 0 Å². The number of hydrogen-bond donors (Lipinski definition) is 0. The third-order valence-corrected chi connectivity index (χ3v) is 1.50. The zero-order chi connectivity index (χ0) is 11.3. The zero-order valence-electron chi connectivity index (χ0n) is 8.62. The summed E-state index contributed by atoms with van der Waals surface area (Å²) >= 11 is 0. The van der Waals surface area contributed by atoms with Gasteiger partial charge in [0.25, 0.3) is 0 Å². The molecule has 0 radical (unpaired) electrons. The molecule has 80 valence electrons. The normalized spacial score (nSPS) is 9.07. The predicted octanol–water partition coefficient (Wildman–Crippen LogP) is 3.45. The molecule has 0 aliphatic rings. The first-order valence-electron chi connectivity index (χ1n) is 4.26. The highest BCUT2D eigenvalue weighted by atomic mass is 19.2. The minimum absolute atomic E-state index is 0.0192. The fourth-order valence-electron chi connectivity index (χ4n) is 0.880. The lowest BCUT2D eigenvalue weighted by molar-refractivity contribution is 0.345. The van der Waals surface area contributed by atoms with E-state index in [0.717, 1.165) is 13.2 Å². The molecule has 0 spiro atoms. The molecule has 1 rings (SSSR count). The predicted molar refractivity (Wildman–Crippen MR) is 49.0 cm³/mol. The van der Waals surface area contributed by atoms with Crippen LogP contribution < -0.4 is 4.74 Å². The summed E-state index contributed by atoms with van der Waals surface area (Å²) in [4.78, 5) is 0. The molecule has 0 saturated heterocycles. The van der Waals surface area contributed by atoms with Crippen molar-refractivity contribution < 1.29 is 17.9 Å². The van der Waals surface area contributed by atoms with Gasteiger partial charge in [-0.25, -0.2) is 8.78 Å². The van der Waals surface area contributed by atoms with E-state index in [9.17, 15) is 13.2 Å². The summed E-state index contributed by atoms with van der Waals surface area (Å²) < 4.78 is 42.5. The molecule has 14 heavy (non-hydrogen) atoms. The molecule has 4 heteroatoms. The van der Waals surface area contributed by atoms with Gasteiger partial charge in [0, 0.05) is 0 Å². The van der Waals surface area contributed by atoms with Crippen molar-refractivity contribution in [3.8, 4) is 5.75 Å². The molecular formula is C10H13F3O. The summed E-state index contributed by atoms with van der Waals surface area (Å²) in [6, 6.07) is 0.785. The van der Waals surface area contributed by atoms with Gasteiger partial charge in [-0.2, -0.15) is 4.39 Å². The maximum Gasteiger partial charge on any atom is 0.203 e. The molecule has 0 aliphatic carbocycles. The zero-order valence-corrected chi connectivity index (χ0v) is 8.62. The van der Waals surface area contributed by atoms with Crippen LogP contribution in [0.15, 0.2) is 6.07 Å². The van der Waals surface area contributed by atoms with Crippen molar-refractivity contribution in [2.75, 3.05) is 7.11 Å². The Labute approximate surface area is 81.5 Å². The molecule has 0 heterocycles. The van der Waals surface area contributed by atoms with Crippen molar-refractivity contribution in [2.24, 2.45) is 0 Å². The molecule has 1 nitrogen and oxygen atoms in total. The molecule has 0 aliphatic heterocycles. The topological polar surface area (TPSA) is 9.23 Å².